The monoisotopic (exact) mass is 331 g/mol. The number of nitrogens with two attached hydrogens (primary N) is 1. The lowest BCUT2D eigenvalue weighted by atomic mass is 9.85. The molecule has 1 amide bonds. The summed E-state index contributed by atoms with van der Waals surface area (Å²) in [4.78, 5) is 16.0. The molecule has 1 atom stereocenters. The van der Waals surface area contributed by atoms with Gasteiger partial charge in [0.15, 0.2) is 5.13 Å². The second-order valence-corrected chi connectivity index (χ2v) is 7.21. The first-order valence-electron chi connectivity index (χ1n) is 6.33. The number of carbonyl (C=O) groups is 1. The zero-order chi connectivity index (χ0) is 13.0. The molecule has 1 aromatic rings. The van der Waals surface area contributed by atoms with Gasteiger partial charge in [0.1, 0.15) is 0 Å². The van der Waals surface area contributed by atoms with E-state index in [-0.39, 0.29) is 5.91 Å². The highest BCUT2D eigenvalue weighted by Crippen LogP contribution is 2.27. The van der Waals surface area contributed by atoms with Gasteiger partial charge in [-0.15, -0.1) is 0 Å². The Morgan fingerprint density at radius 1 is 1.56 bits per heavy atom. The Hall–Kier alpha value is -0.460. The molecule has 0 radical (unpaired) electrons. The molecule has 1 aromatic heterocycles. The maximum absolute atomic E-state index is 11.9. The van der Waals surface area contributed by atoms with Crippen molar-refractivity contribution in [1.82, 2.24) is 4.98 Å². The molecule has 1 unspecified atom stereocenters. The minimum Gasteiger partial charge on any atom is -0.320 e. The van der Waals surface area contributed by atoms with Crippen LogP contribution in [0.4, 0.5) is 5.13 Å². The third-order valence-electron chi connectivity index (χ3n) is 3.36. The van der Waals surface area contributed by atoms with Crippen LogP contribution >= 0.6 is 27.3 Å². The number of nitrogens with zero attached hydrogens (tertiary/aromatic N) is 1. The quantitative estimate of drug-likeness (QED) is 0.890. The summed E-state index contributed by atoms with van der Waals surface area (Å²) in [5.74, 6) is 0.491. The van der Waals surface area contributed by atoms with Crippen molar-refractivity contribution < 1.29 is 4.79 Å². The molecule has 1 saturated carbocycles. The van der Waals surface area contributed by atoms with Crippen LogP contribution in [0.2, 0.25) is 0 Å². The summed E-state index contributed by atoms with van der Waals surface area (Å²) in [6.45, 7) is 0. The van der Waals surface area contributed by atoms with Crippen LogP contribution < -0.4 is 11.1 Å². The number of halogens is 1. The van der Waals surface area contributed by atoms with Crippen LogP contribution in [0, 0.1) is 5.92 Å². The predicted octanol–water partition coefficient (Wildman–Crippen LogP) is 3.14. The zero-order valence-corrected chi connectivity index (χ0v) is 12.6. The highest BCUT2D eigenvalue weighted by Gasteiger charge is 2.21. The van der Waals surface area contributed by atoms with Crippen LogP contribution in [0.15, 0.2) is 9.98 Å². The Morgan fingerprint density at radius 3 is 2.89 bits per heavy atom. The standard InChI is InChI=1S/C12H18BrN3OS/c13-10-7-15-12(18-10)16-11(17)9(14)6-8-4-2-1-3-5-8/h7-9H,1-6,14H2,(H,15,16,17). The second-order valence-electron chi connectivity index (χ2n) is 4.81. The summed E-state index contributed by atoms with van der Waals surface area (Å²) in [5, 5.41) is 3.37. The Kier molecular flexibility index (Phi) is 5.14. The van der Waals surface area contributed by atoms with E-state index in [2.05, 4.69) is 26.2 Å². The van der Waals surface area contributed by atoms with Gasteiger partial charge in [-0.2, -0.15) is 0 Å². The van der Waals surface area contributed by atoms with E-state index in [1.807, 2.05) is 0 Å². The molecule has 4 nitrogen and oxygen atoms in total. The molecule has 0 bridgehead atoms. The summed E-state index contributed by atoms with van der Waals surface area (Å²) in [5.41, 5.74) is 5.96. The van der Waals surface area contributed by atoms with Crippen LogP contribution in [0.5, 0.6) is 0 Å². The number of anilines is 1. The van der Waals surface area contributed by atoms with E-state index in [9.17, 15) is 4.79 Å². The van der Waals surface area contributed by atoms with Crippen molar-refractivity contribution in [2.24, 2.45) is 11.7 Å². The smallest absolute Gasteiger partial charge is 0.243 e. The highest BCUT2D eigenvalue weighted by molar-refractivity contribution is 9.11. The van der Waals surface area contributed by atoms with Gasteiger partial charge in [0.2, 0.25) is 5.91 Å². The van der Waals surface area contributed by atoms with Gasteiger partial charge in [-0.25, -0.2) is 4.98 Å². The molecular weight excluding hydrogens is 314 g/mol. The van der Waals surface area contributed by atoms with Crippen molar-refractivity contribution in [3.05, 3.63) is 9.98 Å². The van der Waals surface area contributed by atoms with Crippen LogP contribution in [-0.2, 0) is 4.79 Å². The lowest BCUT2D eigenvalue weighted by Gasteiger charge is -2.23. The topological polar surface area (TPSA) is 68.0 Å². The highest BCUT2D eigenvalue weighted by atomic mass is 79.9. The van der Waals surface area contributed by atoms with Crippen molar-refractivity contribution in [2.45, 2.75) is 44.6 Å². The Bertz CT molecular complexity index is 404. The van der Waals surface area contributed by atoms with Gasteiger partial charge in [-0.1, -0.05) is 43.4 Å². The maximum Gasteiger partial charge on any atom is 0.243 e. The number of thiazole rings is 1. The molecule has 0 saturated heterocycles. The number of nitrogens with one attached hydrogen (secondary N) is 1. The van der Waals surface area contributed by atoms with Crippen molar-refractivity contribution in [3.8, 4) is 0 Å². The van der Waals surface area contributed by atoms with E-state index in [4.69, 9.17) is 5.73 Å². The maximum atomic E-state index is 11.9. The van der Waals surface area contributed by atoms with Gasteiger partial charge in [0.05, 0.1) is 16.0 Å². The largest absolute Gasteiger partial charge is 0.320 e. The molecular formula is C12H18BrN3OS. The van der Waals surface area contributed by atoms with Crippen LogP contribution in [-0.4, -0.2) is 16.9 Å². The van der Waals surface area contributed by atoms with Gasteiger partial charge >= 0.3 is 0 Å². The first kappa shape index (κ1) is 14.0. The van der Waals surface area contributed by atoms with Crippen LogP contribution in [0.3, 0.4) is 0 Å². The average molecular weight is 332 g/mol. The van der Waals surface area contributed by atoms with Gasteiger partial charge < -0.3 is 11.1 Å². The average Bonchev–Trinajstić information content (AvgIpc) is 2.76. The minimum absolute atomic E-state index is 0.123. The molecule has 0 aliphatic heterocycles. The normalized spacial score (nSPS) is 18.6. The Labute approximate surface area is 119 Å². The fraction of sp³-hybridized carbons (Fsp3) is 0.667. The third-order valence-corrected chi connectivity index (χ3v) is 4.75. The zero-order valence-electron chi connectivity index (χ0n) is 10.2. The number of hydrogen-bond donors (Lipinski definition) is 2. The van der Waals surface area contributed by atoms with Crippen molar-refractivity contribution in [1.29, 1.82) is 0 Å². The van der Waals surface area contributed by atoms with Crippen molar-refractivity contribution in [2.75, 3.05) is 5.32 Å². The summed E-state index contributed by atoms with van der Waals surface area (Å²) < 4.78 is 0.902. The van der Waals surface area contributed by atoms with Gasteiger partial charge in [0, 0.05) is 0 Å². The van der Waals surface area contributed by atoms with Crippen LogP contribution in [0.25, 0.3) is 0 Å². The molecule has 18 heavy (non-hydrogen) atoms. The Morgan fingerprint density at radius 2 is 2.28 bits per heavy atom. The first-order chi connectivity index (χ1) is 8.65. The number of aromatic nitrogens is 1. The SMILES string of the molecule is NC(CC1CCCCC1)C(=O)Nc1ncc(Br)s1. The van der Waals surface area contributed by atoms with E-state index in [0.29, 0.717) is 11.0 Å². The second kappa shape index (κ2) is 6.63. The van der Waals surface area contributed by atoms with Crippen LogP contribution in [0.1, 0.15) is 38.5 Å². The number of amides is 1. The minimum atomic E-state index is -0.421. The molecule has 6 heteroatoms. The molecule has 0 spiro atoms. The van der Waals surface area contributed by atoms with E-state index in [1.54, 1.807) is 6.20 Å². The molecule has 0 aromatic carbocycles. The summed E-state index contributed by atoms with van der Waals surface area (Å²) in [6, 6.07) is -0.421. The summed E-state index contributed by atoms with van der Waals surface area (Å²) in [7, 11) is 0. The van der Waals surface area contributed by atoms with E-state index in [1.165, 1.54) is 43.4 Å². The molecule has 1 aliphatic rings. The fourth-order valence-electron chi connectivity index (χ4n) is 2.40. The molecule has 1 heterocycles. The van der Waals surface area contributed by atoms with Crippen molar-refractivity contribution >= 4 is 38.3 Å². The lowest BCUT2D eigenvalue weighted by Crippen LogP contribution is -2.37. The van der Waals surface area contributed by atoms with E-state index >= 15 is 0 Å². The van der Waals surface area contributed by atoms with Gasteiger partial charge in [0.25, 0.3) is 0 Å². The number of rotatable bonds is 4. The van der Waals surface area contributed by atoms with E-state index < -0.39 is 6.04 Å². The lowest BCUT2D eigenvalue weighted by molar-refractivity contribution is -0.117. The Balaban J connectivity index is 1.80. The van der Waals surface area contributed by atoms with Crippen molar-refractivity contribution in [3.63, 3.8) is 0 Å². The molecule has 1 fully saturated rings. The fourth-order valence-corrected chi connectivity index (χ4v) is 3.51. The first-order valence-corrected chi connectivity index (χ1v) is 7.94. The van der Waals surface area contributed by atoms with Gasteiger partial charge in [-0.3, -0.25) is 4.79 Å². The summed E-state index contributed by atoms with van der Waals surface area (Å²) >= 11 is 4.71. The molecule has 100 valence electrons. The third kappa shape index (κ3) is 4.03. The molecule has 1 aliphatic carbocycles. The summed E-state index contributed by atoms with van der Waals surface area (Å²) in [6.07, 6.45) is 8.76. The van der Waals surface area contributed by atoms with E-state index in [0.717, 1.165) is 10.2 Å². The predicted molar refractivity (Wildman–Crippen MR) is 77.6 cm³/mol. The molecule has 2 rings (SSSR count). The number of carbonyl (C=O) groups excluding carboxylic acids is 1. The molecule has 3 N–H and O–H groups in total. The number of hydrogen-bond acceptors (Lipinski definition) is 4. The van der Waals surface area contributed by atoms with Gasteiger partial charge in [-0.05, 0) is 28.3 Å².